The lowest BCUT2D eigenvalue weighted by atomic mass is 9.97. The summed E-state index contributed by atoms with van der Waals surface area (Å²) in [5.41, 5.74) is 0.227. The van der Waals surface area contributed by atoms with Crippen LogP contribution >= 0.6 is 0 Å². The lowest BCUT2D eigenvalue weighted by molar-refractivity contribution is 0.0690. The van der Waals surface area contributed by atoms with Crippen LogP contribution in [0, 0.1) is 5.41 Å². The molecule has 1 heterocycles. The first-order valence-corrected chi connectivity index (χ1v) is 5.23. The van der Waals surface area contributed by atoms with E-state index in [0.29, 0.717) is 6.54 Å². The third-order valence-corrected chi connectivity index (χ3v) is 1.93. The number of carboxylic acid groups (broad SMARTS) is 1. The van der Waals surface area contributed by atoms with Gasteiger partial charge in [-0.25, -0.2) is 4.79 Å². The van der Waals surface area contributed by atoms with Gasteiger partial charge in [-0.2, -0.15) is 0 Å². The fraction of sp³-hybridized carbons (Fsp3) is 0.700. The van der Waals surface area contributed by atoms with Crippen LogP contribution in [0.5, 0.6) is 0 Å². The second-order valence-corrected chi connectivity index (χ2v) is 4.91. The zero-order chi connectivity index (χ0) is 12.2. The highest BCUT2D eigenvalue weighted by Crippen LogP contribution is 2.09. The Hall–Kier alpha value is -1.43. The van der Waals surface area contributed by atoms with E-state index in [1.165, 1.54) is 10.9 Å². The zero-order valence-corrected chi connectivity index (χ0v) is 9.90. The SMILES string of the molecule is CC(C)(C)CNCCn1cc(C(=O)O)nn1. The van der Waals surface area contributed by atoms with Crippen LogP contribution in [0.3, 0.4) is 0 Å². The van der Waals surface area contributed by atoms with E-state index in [1.807, 2.05) is 0 Å². The van der Waals surface area contributed by atoms with Crippen molar-refractivity contribution >= 4 is 5.97 Å². The molecule has 1 aromatic rings. The van der Waals surface area contributed by atoms with Crippen molar-refractivity contribution < 1.29 is 9.90 Å². The monoisotopic (exact) mass is 226 g/mol. The fourth-order valence-corrected chi connectivity index (χ4v) is 1.16. The number of nitrogens with one attached hydrogen (secondary N) is 1. The predicted molar refractivity (Wildman–Crippen MR) is 59.3 cm³/mol. The van der Waals surface area contributed by atoms with Gasteiger partial charge in [-0.05, 0) is 5.41 Å². The molecule has 90 valence electrons. The van der Waals surface area contributed by atoms with Gasteiger partial charge in [-0.1, -0.05) is 26.0 Å². The second kappa shape index (κ2) is 5.07. The van der Waals surface area contributed by atoms with Gasteiger partial charge in [0.05, 0.1) is 12.7 Å². The number of carboxylic acids is 1. The summed E-state index contributed by atoms with van der Waals surface area (Å²) < 4.78 is 1.53. The number of aromatic nitrogens is 3. The Morgan fingerprint density at radius 1 is 1.56 bits per heavy atom. The van der Waals surface area contributed by atoms with Gasteiger partial charge in [0.15, 0.2) is 5.69 Å². The molecule has 0 unspecified atom stereocenters. The van der Waals surface area contributed by atoms with Gasteiger partial charge in [0.2, 0.25) is 0 Å². The van der Waals surface area contributed by atoms with Crippen molar-refractivity contribution in [1.29, 1.82) is 0 Å². The van der Waals surface area contributed by atoms with Gasteiger partial charge in [0, 0.05) is 13.1 Å². The zero-order valence-electron chi connectivity index (χ0n) is 9.90. The van der Waals surface area contributed by atoms with Crippen LogP contribution < -0.4 is 5.32 Å². The Balaban J connectivity index is 2.30. The third kappa shape index (κ3) is 4.39. The van der Waals surface area contributed by atoms with E-state index < -0.39 is 5.97 Å². The Kier molecular flexibility index (Phi) is 4.00. The highest BCUT2D eigenvalue weighted by molar-refractivity contribution is 5.84. The molecule has 0 atom stereocenters. The minimum Gasteiger partial charge on any atom is -0.476 e. The highest BCUT2D eigenvalue weighted by Gasteiger charge is 2.10. The summed E-state index contributed by atoms with van der Waals surface area (Å²) in [6.07, 6.45) is 1.43. The largest absolute Gasteiger partial charge is 0.476 e. The van der Waals surface area contributed by atoms with Crippen LogP contribution in [-0.2, 0) is 6.54 Å². The van der Waals surface area contributed by atoms with Crippen molar-refractivity contribution in [2.75, 3.05) is 13.1 Å². The molecular formula is C10H18N4O2. The molecule has 0 aliphatic heterocycles. The van der Waals surface area contributed by atoms with Gasteiger partial charge in [0.1, 0.15) is 0 Å². The predicted octanol–water partition coefficient (Wildman–Crippen LogP) is 0.612. The maximum Gasteiger partial charge on any atom is 0.358 e. The molecule has 0 spiro atoms. The van der Waals surface area contributed by atoms with E-state index in [9.17, 15) is 4.79 Å². The lowest BCUT2D eigenvalue weighted by Crippen LogP contribution is -2.29. The van der Waals surface area contributed by atoms with E-state index in [-0.39, 0.29) is 11.1 Å². The number of hydrogen-bond donors (Lipinski definition) is 2. The van der Waals surface area contributed by atoms with Crippen molar-refractivity contribution in [3.05, 3.63) is 11.9 Å². The van der Waals surface area contributed by atoms with E-state index in [2.05, 4.69) is 36.4 Å². The summed E-state index contributed by atoms with van der Waals surface area (Å²) in [6, 6.07) is 0. The molecule has 0 fully saturated rings. The number of carbonyl (C=O) groups is 1. The van der Waals surface area contributed by atoms with Crippen LogP contribution in [-0.4, -0.2) is 39.2 Å². The van der Waals surface area contributed by atoms with E-state index in [1.54, 1.807) is 0 Å². The Morgan fingerprint density at radius 2 is 2.25 bits per heavy atom. The standard InChI is InChI=1S/C10H18N4O2/c1-10(2,3)7-11-4-5-14-6-8(9(15)16)12-13-14/h6,11H,4-5,7H2,1-3H3,(H,15,16). The van der Waals surface area contributed by atoms with Gasteiger partial charge in [-0.15, -0.1) is 5.10 Å². The topological polar surface area (TPSA) is 80.0 Å². The molecule has 1 aromatic heterocycles. The van der Waals surface area contributed by atoms with Crippen LogP contribution in [0.4, 0.5) is 0 Å². The minimum absolute atomic E-state index is 0.0178. The van der Waals surface area contributed by atoms with Crippen LogP contribution in [0.1, 0.15) is 31.3 Å². The number of rotatable bonds is 5. The lowest BCUT2D eigenvalue weighted by Gasteiger charge is -2.18. The van der Waals surface area contributed by atoms with Crippen LogP contribution in [0.25, 0.3) is 0 Å². The number of hydrogen-bond acceptors (Lipinski definition) is 4. The Labute approximate surface area is 94.7 Å². The van der Waals surface area contributed by atoms with E-state index >= 15 is 0 Å². The first kappa shape index (κ1) is 12.6. The van der Waals surface area contributed by atoms with Gasteiger partial charge in [-0.3, -0.25) is 4.68 Å². The smallest absolute Gasteiger partial charge is 0.358 e. The molecule has 0 saturated carbocycles. The molecule has 1 rings (SSSR count). The Bertz CT molecular complexity index is 354. The first-order valence-electron chi connectivity index (χ1n) is 5.23. The molecule has 0 aliphatic rings. The number of aromatic carboxylic acids is 1. The van der Waals surface area contributed by atoms with Crippen molar-refractivity contribution in [3.63, 3.8) is 0 Å². The van der Waals surface area contributed by atoms with Crippen LogP contribution in [0.2, 0.25) is 0 Å². The van der Waals surface area contributed by atoms with Gasteiger partial charge in [0.25, 0.3) is 0 Å². The maximum atomic E-state index is 10.5. The Morgan fingerprint density at radius 3 is 2.75 bits per heavy atom. The quantitative estimate of drug-likeness (QED) is 0.719. The molecule has 16 heavy (non-hydrogen) atoms. The molecule has 6 nitrogen and oxygen atoms in total. The van der Waals surface area contributed by atoms with E-state index in [4.69, 9.17) is 5.11 Å². The van der Waals surface area contributed by atoms with Crippen molar-refractivity contribution in [3.8, 4) is 0 Å². The number of nitrogens with zero attached hydrogens (tertiary/aromatic N) is 3. The van der Waals surface area contributed by atoms with Crippen molar-refractivity contribution in [2.24, 2.45) is 5.41 Å². The molecule has 2 N–H and O–H groups in total. The molecule has 0 bridgehead atoms. The normalized spacial score (nSPS) is 11.7. The maximum absolute atomic E-state index is 10.5. The molecule has 6 heteroatoms. The van der Waals surface area contributed by atoms with Gasteiger partial charge < -0.3 is 10.4 Å². The summed E-state index contributed by atoms with van der Waals surface area (Å²) in [6.45, 7) is 8.73. The third-order valence-electron chi connectivity index (χ3n) is 1.93. The average Bonchev–Trinajstić information content (AvgIpc) is 2.59. The fourth-order valence-electron chi connectivity index (χ4n) is 1.16. The molecule has 0 saturated heterocycles. The minimum atomic E-state index is -1.05. The molecule has 0 radical (unpaired) electrons. The van der Waals surface area contributed by atoms with Crippen LogP contribution in [0.15, 0.2) is 6.20 Å². The van der Waals surface area contributed by atoms with E-state index in [0.717, 1.165) is 13.1 Å². The molecule has 0 aromatic carbocycles. The second-order valence-electron chi connectivity index (χ2n) is 4.91. The molecular weight excluding hydrogens is 208 g/mol. The van der Waals surface area contributed by atoms with Gasteiger partial charge >= 0.3 is 5.97 Å². The van der Waals surface area contributed by atoms with Crippen molar-refractivity contribution in [2.45, 2.75) is 27.3 Å². The summed E-state index contributed by atoms with van der Waals surface area (Å²) >= 11 is 0. The molecule has 0 amide bonds. The average molecular weight is 226 g/mol. The highest BCUT2D eigenvalue weighted by atomic mass is 16.4. The first-order chi connectivity index (χ1) is 7.38. The summed E-state index contributed by atoms with van der Waals surface area (Å²) in [7, 11) is 0. The van der Waals surface area contributed by atoms with Crippen molar-refractivity contribution in [1.82, 2.24) is 20.3 Å². The summed E-state index contributed by atoms with van der Waals surface area (Å²) in [5, 5.41) is 19.2. The summed E-state index contributed by atoms with van der Waals surface area (Å²) in [4.78, 5) is 10.5. The molecule has 0 aliphatic carbocycles. The summed E-state index contributed by atoms with van der Waals surface area (Å²) in [5.74, 6) is -1.05.